The zero-order chi connectivity index (χ0) is 21.8. The van der Waals surface area contributed by atoms with Crippen molar-refractivity contribution in [3.05, 3.63) is 151 Å². The molecule has 0 atom stereocenters. The number of hydrogen-bond acceptors (Lipinski definition) is 2. The molecule has 33 heavy (non-hydrogen) atoms. The van der Waals surface area contributed by atoms with Gasteiger partial charge >= 0.3 is 21.1 Å². The van der Waals surface area contributed by atoms with Gasteiger partial charge in [-0.3, -0.25) is 4.98 Å². The van der Waals surface area contributed by atoms with Crippen molar-refractivity contribution in [1.29, 1.82) is 0 Å². The van der Waals surface area contributed by atoms with Crippen LogP contribution in [-0.4, -0.2) is 9.97 Å². The van der Waals surface area contributed by atoms with E-state index in [9.17, 15) is 0 Å². The largest absolute Gasteiger partial charge is 2.00 e. The minimum atomic E-state index is -0.502. The van der Waals surface area contributed by atoms with E-state index in [2.05, 4.69) is 78.6 Å². The third-order valence-electron chi connectivity index (χ3n) is 5.80. The van der Waals surface area contributed by atoms with E-state index in [1.54, 1.807) is 12.4 Å². The molecule has 0 saturated carbocycles. The molecule has 0 N–H and O–H groups in total. The number of fused-ring (bicyclic) bond motifs is 3. The second-order valence-corrected chi connectivity index (χ2v) is 7.71. The van der Waals surface area contributed by atoms with Gasteiger partial charge in [0.25, 0.3) is 0 Å². The summed E-state index contributed by atoms with van der Waals surface area (Å²) in [6.07, 6.45) is 3.50. The van der Waals surface area contributed by atoms with Crippen LogP contribution in [0.25, 0.3) is 22.4 Å². The van der Waals surface area contributed by atoms with Crippen LogP contribution in [0.3, 0.4) is 0 Å². The average Bonchev–Trinajstić information content (AvgIpc) is 3.16. The Hall–Kier alpha value is -3.35. The standard InChI is InChI=1S/C25H17N.C5H5N.Pt/c1-25(24-17-9-16-23(26-24)18-10-3-2-4-11-18)21-14-7-5-12-19(21)20-13-6-8-15-22(20)25;1-2-4-6-5-3-1;/h2-10,12-17H,1H2;1-5H;/q-2;;+2. The Morgan fingerprint density at radius 3 is 1.82 bits per heavy atom. The molecule has 1 aliphatic rings. The van der Waals surface area contributed by atoms with E-state index in [-0.39, 0.29) is 21.1 Å². The molecular formula is C30H22N2Pt. The number of benzene rings is 3. The maximum absolute atomic E-state index is 5.00. The Labute approximate surface area is 209 Å². The summed E-state index contributed by atoms with van der Waals surface area (Å²) in [5.41, 5.74) is 7.30. The molecule has 0 fully saturated rings. The van der Waals surface area contributed by atoms with Gasteiger partial charge in [0, 0.05) is 18.1 Å². The van der Waals surface area contributed by atoms with Crippen molar-refractivity contribution in [2.75, 3.05) is 0 Å². The quantitative estimate of drug-likeness (QED) is 0.208. The van der Waals surface area contributed by atoms with Crippen molar-refractivity contribution < 1.29 is 21.1 Å². The summed E-state index contributed by atoms with van der Waals surface area (Å²) in [5.74, 6) is 0. The molecule has 0 spiro atoms. The summed E-state index contributed by atoms with van der Waals surface area (Å²) in [4.78, 5) is 8.79. The molecule has 0 unspecified atom stereocenters. The fraction of sp³-hybridized carbons (Fsp3) is 0.0333. The number of pyridine rings is 2. The predicted molar refractivity (Wildman–Crippen MR) is 130 cm³/mol. The summed E-state index contributed by atoms with van der Waals surface area (Å²) in [7, 11) is 0. The predicted octanol–water partition coefficient (Wildman–Crippen LogP) is 6.78. The fourth-order valence-electron chi connectivity index (χ4n) is 4.29. The smallest absolute Gasteiger partial charge is 0.323 e. The van der Waals surface area contributed by atoms with Crippen LogP contribution in [0.5, 0.6) is 0 Å². The van der Waals surface area contributed by atoms with E-state index in [0.29, 0.717) is 0 Å². The SMILES string of the molecule is [CH2-]C1(c2cccc(-c3[c-]cccc3)n2)c2ccccc2-c2ccccc21.[Pt+2].c1ccncc1. The van der Waals surface area contributed by atoms with Gasteiger partial charge in [0.2, 0.25) is 0 Å². The van der Waals surface area contributed by atoms with E-state index in [4.69, 9.17) is 4.98 Å². The van der Waals surface area contributed by atoms with Crippen LogP contribution in [0.1, 0.15) is 16.8 Å². The molecule has 162 valence electrons. The monoisotopic (exact) mass is 605 g/mol. The third kappa shape index (κ3) is 4.32. The van der Waals surface area contributed by atoms with Gasteiger partial charge in [-0.1, -0.05) is 83.3 Å². The Morgan fingerprint density at radius 1 is 0.636 bits per heavy atom. The van der Waals surface area contributed by atoms with Gasteiger partial charge in [-0.2, -0.15) is 0 Å². The first kappa shape index (κ1) is 22.8. The summed E-state index contributed by atoms with van der Waals surface area (Å²) in [6.45, 7) is 4.68. The van der Waals surface area contributed by atoms with Gasteiger partial charge in [0.15, 0.2) is 0 Å². The average molecular weight is 606 g/mol. The molecule has 0 radical (unpaired) electrons. The zero-order valence-electron chi connectivity index (χ0n) is 18.0. The van der Waals surface area contributed by atoms with E-state index < -0.39 is 5.41 Å². The van der Waals surface area contributed by atoms with Crippen LogP contribution < -0.4 is 0 Å². The van der Waals surface area contributed by atoms with Crippen molar-refractivity contribution in [3.63, 3.8) is 0 Å². The number of aromatic nitrogens is 2. The Bertz CT molecular complexity index is 1260. The fourth-order valence-corrected chi connectivity index (χ4v) is 4.29. The minimum Gasteiger partial charge on any atom is -0.323 e. The van der Waals surface area contributed by atoms with Crippen molar-refractivity contribution in [2.45, 2.75) is 5.41 Å². The summed E-state index contributed by atoms with van der Waals surface area (Å²) in [6, 6.07) is 40.1. The van der Waals surface area contributed by atoms with Gasteiger partial charge < -0.3 is 11.9 Å². The number of nitrogens with zero attached hydrogens (tertiary/aromatic N) is 2. The van der Waals surface area contributed by atoms with Crippen LogP contribution in [0.4, 0.5) is 0 Å². The summed E-state index contributed by atoms with van der Waals surface area (Å²) >= 11 is 0. The summed E-state index contributed by atoms with van der Waals surface area (Å²) in [5, 5.41) is 0. The Morgan fingerprint density at radius 2 is 1.27 bits per heavy atom. The second kappa shape index (κ2) is 10.1. The first-order chi connectivity index (χ1) is 15.8. The van der Waals surface area contributed by atoms with Crippen LogP contribution >= 0.6 is 0 Å². The Kier molecular flexibility index (Phi) is 6.96. The van der Waals surface area contributed by atoms with Crippen LogP contribution in [0.2, 0.25) is 0 Å². The van der Waals surface area contributed by atoms with Gasteiger partial charge in [-0.25, -0.2) is 0 Å². The molecule has 0 bridgehead atoms. The molecule has 3 heteroatoms. The molecule has 1 aliphatic carbocycles. The van der Waals surface area contributed by atoms with Crippen LogP contribution in [0, 0.1) is 13.0 Å². The zero-order valence-corrected chi connectivity index (χ0v) is 20.2. The molecule has 3 aromatic carbocycles. The molecule has 6 rings (SSSR count). The van der Waals surface area contributed by atoms with E-state index >= 15 is 0 Å². The number of hydrogen-bond donors (Lipinski definition) is 0. The normalized spacial score (nSPS) is 12.4. The van der Waals surface area contributed by atoms with Crippen molar-refractivity contribution in [1.82, 2.24) is 9.97 Å². The Balaban J connectivity index is 0.000000325. The van der Waals surface area contributed by atoms with Gasteiger partial charge in [-0.05, 0) is 35.0 Å². The third-order valence-corrected chi connectivity index (χ3v) is 5.80. The van der Waals surface area contributed by atoms with Gasteiger partial charge in [0.05, 0.1) is 0 Å². The topological polar surface area (TPSA) is 25.8 Å². The molecule has 0 aliphatic heterocycles. The maximum Gasteiger partial charge on any atom is 2.00 e. The molecule has 2 nitrogen and oxygen atoms in total. The summed E-state index contributed by atoms with van der Waals surface area (Å²) < 4.78 is 0. The molecule has 2 heterocycles. The second-order valence-electron chi connectivity index (χ2n) is 7.71. The van der Waals surface area contributed by atoms with E-state index in [1.807, 2.05) is 48.5 Å². The molecule has 5 aromatic rings. The van der Waals surface area contributed by atoms with Crippen molar-refractivity contribution in [2.24, 2.45) is 0 Å². The molecule has 0 saturated heterocycles. The first-order valence-electron chi connectivity index (χ1n) is 10.6. The van der Waals surface area contributed by atoms with Crippen molar-refractivity contribution >= 4 is 0 Å². The van der Waals surface area contributed by atoms with Gasteiger partial charge in [-0.15, -0.1) is 35.9 Å². The molecule has 0 amide bonds. The van der Waals surface area contributed by atoms with Gasteiger partial charge in [0.1, 0.15) is 0 Å². The van der Waals surface area contributed by atoms with E-state index in [0.717, 1.165) is 17.0 Å². The molecule has 2 aromatic heterocycles. The first-order valence-corrected chi connectivity index (χ1v) is 10.6. The van der Waals surface area contributed by atoms with Crippen molar-refractivity contribution in [3.8, 4) is 22.4 Å². The number of rotatable bonds is 2. The molecular weight excluding hydrogens is 583 g/mol. The maximum atomic E-state index is 5.00. The van der Waals surface area contributed by atoms with E-state index in [1.165, 1.54) is 22.3 Å². The van der Waals surface area contributed by atoms with Crippen LogP contribution in [0.15, 0.2) is 122 Å². The van der Waals surface area contributed by atoms with Crippen LogP contribution in [-0.2, 0) is 26.5 Å². The minimum absolute atomic E-state index is 0.